The van der Waals surface area contributed by atoms with E-state index in [1.54, 1.807) is 0 Å². The Kier molecular flexibility index (Phi) is 5.07. The summed E-state index contributed by atoms with van der Waals surface area (Å²) >= 11 is 0. The molecule has 0 atom stereocenters. The number of ether oxygens (including phenoxy) is 1. The lowest BCUT2D eigenvalue weighted by atomic mass is 10.1. The third-order valence-electron chi connectivity index (χ3n) is 4.81. The first kappa shape index (κ1) is 17.8. The van der Waals surface area contributed by atoms with Crippen molar-refractivity contribution in [1.29, 1.82) is 0 Å². The summed E-state index contributed by atoms with van der Waals surface area (Å²) in [6, 6.07) is 32.4. The lowest BCUT2D eigenvalue weighted by Crippen LogP contribution is -2.09. The number of hydrogen-bond acceptors (Lipinski definition) is 2. The maximum Gasteiger partial charge on any atom is 0.339 e. The Bertz CT molecular complexity index is 1070. The fourth-order valence-electron chi connectivity index (χ4n) is 3.49. The quantitative estimate of drug-likeness (QED) is 0.435. The Morgan fingerprint density at radius 3 is 2.00 bits per heavy atom. The van der Waals surface area contributed by atoms with Crippen molar-refractivity contribution in [3.8, 4) is 16.9 Å². The third kappa shape index (κ3) is 3.47. The van der Waals surface area contributed by atoms with Gasteiger partial charge in [-0.05, 0) is 29.3 Å². The van der Waals surface area contributed by atoms with E-state index in [9.17, 15) is 4.79 Å². The second kappa shape index (κ2) is 7.97. The van der Waals surface area contributed by atoms with E-state index in [2.05, 4.69) is 41.0 Å². The summed E-state index contributed by atoms with van der Waals surface area (Å²) in [6.45, 7) is 0. The highest BCUT2D eigenvalue weighted by Gasteiger charge is 2.22. The van der Waals surface area contributed by atoms with Gasteiger partial charge in [0.05, 0.1) is 18.4 Å². The zero-order valence-corrected chi connectivity index (χ0v) is 15.7. The topological polar surface area (TPSA) is 31.2 Å². The highest BCUT2D eigenvalue weighted by atomic mass is 16.5. The molecular weight excluding hydrogens is 346 g/mol. The highest BCUT2D eigenvalue weighted by Crippen LogP contribution is 2.31. The van der Waals surface area contributed by atoms with Crippen LogP contribution in [0.25, 0.3) is 16.9 Å². The minimum absolute atomic E-state index is 0.321. The Balaban J connectivity index is 1.98. The molecule has 4 rings (SSSR count). The van der Waals surface area contributed by atoms with Crippen LogP contribution in [0.1, 0.15) is 21.6 Å². The van der Waals surface area contributed by atoms with Crippen LogP contribution < -0.4 is 0 Å². The fraction of sp³-hybridized carbons (Fsp3) is 0.0800. The molecular formula is C25H21NO2. The van der Waals surface area contributed by atoms with E-state index in [1.165, 1.54) is 7.11 Å². The maximum atomic E-state index is 12.6. The van der Waals surface area contributed by atoms with Gasteiger partial charge in [-0.25, -0.2) is 4.79 Å². The van der Waals surface area contributed by atoms with Crippen LogP contribution >= 0.6 is 0 Å². The molecule has 0 aliphatic heterocycles. The molecule has 1 aromatic heterocycles. The van der Waals surface area contributed by atoms with Crippen molar-refractivity contribution >= 4 is 5.97 Å². The predicted octanol–water partition coefficient (Wildman–Crippen LogP) is 5.52. The zero-order valence-electron chi connectivity index (χ0n) is 15.7. The molecule has 3 aromatic carbocycles. The average Bonchev–Trinajstić information content (AvgIpc) is 3.14. The minimum atomic E-state index is -0.321. The number of para-hydroxylation sites is 1. The number of methoxy groups -OCH3 is 1. The number of rotatable bonds is 5. The molecule has 0 bridgehead atoms. The van der Waals surface area contributed by atoms with Crippen molar-refractivity contribution in [3.63, 3.8) is 0 Å². The van der Waals surface area contributed by atoms with Gasteiger partial charge in [0, 0.05) is 17.8 Å². The van der Waals surface area contributed by atoms with Gasteiger partial charge in [0.25, 0.3) is 0 Å². The van der Waals surface area contributed by atoms with Gasteiger partial charge in [-0.1, -0.05) is 78.9 Å². The molecule has 0 N–H and O–H groups in total. The monoisotopic (exact) mass is 367 g/mol. The van der Waals surface area contributed by atoms with Crippen molar-refractivity contribution in [2.75, 3.05) is 7.11 Å². The van der Waals surface area contributed by atoms with E-state index in [1.807, 2.05) is 60.7 Å². The van der Waals surface area contributed by atoms with E-state index in [-0.39, 0.29) is 5.97 Å². The number of esters is 1. The van der Waals surface area contributed by atoms with E-state index in [0.717, 1.165) is 28.2 Å². The fourth-order valence-corrected chi connectivity index (χ4v) is 3.49. The van der Waals surface area contributed by atoms with E-state index in [0.29, 0.717) is 12.0 Å². The maximum absolute atomic E-state index is 12.6. The summed E-state index contributed by atoms with van der Waals surface area (Å²) in [5, 5.41) is 0. The van der Waals surface area contributed by atoms with Crippen LogP contribution in [-0.2, 0) is 11.2 Å². The third-order valence-corrected chi connectivity index (χ3v) is 4.81. The van der Waals surface area contributed by atoms with Crippen molar-refractivity contribution < 1.29 is 9.53 Å². The Hall–Kier alpha value is -3.59. The Labute approximate surface area is 164 Å². The molecule has 4 aromatic rings. The molecule has 0 aliphatic carbocycles. The molecule has 0 saturated heterocycles. The van der Waals surface area contributed by atoms with Gasteiger partial charge in [-0.3, -0.25) is 0 Å². The number of benzene rings is 3. The first-order valence-corrected chi connectivity index (χ1v) is 9.25. The van der Waals surface area contributed by atoms with Gasteiger partial charge in [0.1, 0.15) is 0 Å². The van der Waals surface area contributed by atoms with Gasteiger partial charge in [-0.15, -0.1) is 0 Å². The number of aromatic nitrogens is 1. The number of hydrogen-bond donors (Lipinski definition) is 0. The van der Waals surface area contributed by atoms with Crippen LogP contribution in [-0.4, -0.2) is 17.6 Å². The number of nitrogens with zero attached hydrogens (tertiary/aromatic N) is 1. The molecule has 0 radical (unpaired) electrons. The summed E-state index contributed by atoms with van der Waals surface area (Å²) in [7, 11) is 1.43. The standard InChI is InChI=1S/C25H21NO2/c1-28-25(27)22-18-23(20-13-7-3-8-14-20)26(21-15-9-4-10-16-21)24(22)17-19-11-5-2-6-12-19/h2-16,18H,17H2,1H3. The SMILES string of the molecule is COC(=O)c1cc(-c2ccccc2)n(-c2ccccc2)c1Cc1ccccc1. The van der Waals surface area contributed by atoms with Crippen molar-refractivity contribution in [2.24, 2.45) is 0 Å². The summed E-state index contributed by atoms with van der Waals surface area (Å²) in [5.41, 5.74) is 5.69. The van der Waals surface area contributed by atoms with Crippen LogP contribution in [0.15, 0.2) is 97.1 Å². The smallest absolute Gasteiger partial charge is 0.339 e. The van der Waals surface area contributed by atoms with Crippen molar-refractivity contribution in [1.82, 2.24) is 4.57 Å². The van der Waals surface area contributed by atoms with Crippen LogP contribution in [0, 0.1) is 0 Å². The van der Waals surface area contributed by atoms with Crippen LogP contribution in [0.2, 0.25) is 0 Å². The van der Waals surface area contributed by atoms with Crippen molar-refractivity contribution in [3.05, 3.63) is 114 Å². The Morgan fingerprint density at radius 2 is 1.39 bits per heavy atom. The molecule has 0 amide bonds. The number of carbonyl (C=O) groups excluding carboxylic acids is 1. The van der Waals surface area contributed by atoms with Gasteiger partial charge in [-0.2, -0.15) is 0 Å². The normalized spacial score (nSPS) is 10.6. The van der Waals surface area contributed by atoms with Crippen molar-refractivity contribution in [2.45, 2.75) is 6.42 Å². The summed E-state index contributed by atoms with van der Waals surface area (Å²) in [4.78, 5) is 12.6. The van der Waals surface area contributed by atoms with Crippen LogP contribution in [0.4, 0.5) is 0 Å². The molecule has 0 saturated carbocycles. The first-order valence-electron chi connectivity index (χ1n) is 9.25. The minimum Gasteiger partial charge on any atom is -0.465 e. The van der Waals surface area contributed by atoms with Gasteiger partial charge in [0.15, 0.2) is 0 Å². The second-order valence-corrected chi connectivity index (χ2v) is 6.58. The molecule has 3 heteroatoms. The summed E-state index contributed by atoms with van der Waals surface area (Å²) in [5.74, 6) is -0.321. The average molecular weight is 367 g/mol. The van der Waals surface area contributed by atoms with E-state index < -0.39 is 0 Å². The molecule has 0 aliphatic rings. The van der Waals surface area contributed by atoms with Crippen LogP contribution in [0.3, 0.4) is 0 Å². The van der Waals surface area contributed by atoms with Gasteiger partial charge >= 0.3 is 5.97 Å². The Morgan fingerprint density at radius 1 is 0.821 bits per heavy atom. The molecule has 0 unspecified atom stereocenters. The molecule has 0 fully saturated rings. The molecule has 138 valence electrons. The zero-order chi connectivity index (χ0) is 19.3. The highest BCUT2D eigenvalue weighted by molar-refractivity contribution is 5.93. The lowest BCUT2D eigenvalue weighted by molar-refractivity contribution is 0.0599. The van der Waals surface area contributed by atoms with E-state index in [4.69, 9.17) is 4.74 Å². The summed E-state index contributed by atoms with van der Waals surface area (Å²) in [6.07, 6.45) is 0.632. The largest absolute Gasteiger partial charge is 0.465 e. The molecule has 3 nitrogen and oxygen atoms in total. The molecule has 28 heavy (non-hydrogen) atoms. The molecule has 0 spiro atoms. The number of carbonyl (C=O) groups is 1. The second-order valence-electron chi connectivity index (χ2n) is 6.58. The lowest BCUT2D eigenvalue weighted by Gasteiger charge is -2.15. The predicted molar refractivity (Wildman–Crippen MR) is 112 cm³/mol. The van der Waals surface area contributed by atoms with Gasteiger partial charge < -0.3 is 9.30 Å². The van der Waals surface area contributed by atoms with Crippen LogP contribution in [0.5, 0.6) is 0 Å². The molecule has 1 heterocycles. The van der Waals surface area contributed by atoms with Gasteiger partial charge in [0.2, 0.25) is 0 Å². The van der Waals surface area contributed by atoms with E-state index >= 15 is 0 Å². The summed E-state index contributed by atoms with van der Waals surface area (Å²) < 4.78 is 7.26. The first-order chi connectivity index (χ1) is 13.8.